The molecule has 1 unspecified atom stereocenters. The van der Waals surface area contributed by atoms with Crippen LogP contribution in [0, 0.1) is 0 Å². The molecule has 0 bridgehead atoms. The lowest BCUT2D eigenvalue weighted by molar-refractivity contribution is -0.00930. The molecule has 1 heterocycles. The van der Waals surface area contributed by atoms with Crippen LogP contribution < -0.4 is 5.73 Å². The van der Waals surface area contributed by atoms with Crippen molar-refractivity contribution in [3.8, 4) is 0 Å². The van der Waals surface area contributed by atoms with Gasteiger partial charge in [-0.2, -0.15) is 9.97 Å². The summed E-state index contributed by atoms with van der Waals surface area (Å²) in [5.74, 6) is 2.24. The van der Waals surface area contributed by atoms with Crippen LogP contribution in [0.5, 0.6) is 0 Å². The maximum atomic E-state index is 5.89. The van der Waals surface area contributed by atoms with Gasteiger partial charge in [0, 0.05) is 13.0 Å². The lowest BCUT2D eigenvalue weighted by atomic mass is 9.98. The minimum atomic E-state index is -0.490. The van der Waals surface area contributed by atoms with E-state index in [0.717, 1.165) is 25.1 Å². The van der Waals surface area contributed by atoms with Crippen molar-refractivity contribution in [2.45, 2.75) is 70.3 Å². The van der Waals surface area contributed by atoms with Gasteiger partial charge in [-0.15, -0.1) is 0 Å². The number of nitrogen functional groups attached to an aromatic ring is 1. The molecular weight excluding hydrogens is 252 g/mol. The van der Waals surface area contributed by atoms with Crippen molar-refractivity contribution in [3.05, 3.63) is 11.6 Å². The lowest BCUT2D eigenvalue weighted by Gasteiger charge is -2.26. The first kappa shape index (κ1) is 15.2. The maximum Gasteiger partial charge on any atom is 0.223 e. The van der Waals surface area contributed by atoms with Crippen molar-refractivity contribution < 1.29 is 4.74 Å². The van der Waals surface area contributed by atoms with Gasteiger partial charge in [-0.3, -0.25) is 0 Å². The second-order valence-electron chi connectivity index (χ2n) is 5.85. The average molecular weight is 278 g/mol. The zero-order chi connectivity index (χ0) is 14.6. The first-order chi connectivity index (χ1) is 9.59. The molecule has 2 N–H and O–H groups in total. The highest BCUT2D eigenvalue weighted by molar-refractivity contribution is 5.20. The third kappa shape index (κ3) is 3.26. The minimum absolute atomic E-state index is 0.311. The van der Waals surface area contributed by atoms with Crippen molar-refractivity contribution in [2.24, 2.45) is 0 Å². The lowest BCUT2D eigenvalue weighted by Crippen LogP contribution is -2.28. The summed E-state index contributed by atoms with van der Waals surface area (Å²) in [5, 5.41) is 0. The topological polar surface area (TPSA) is 73.9 Å². The van der Waals surface area contributed by atoms with E-state index in [-0.39, 0.29) is 0 Å². The predicted octanol–water partition coefficient (Wildman–Crippen LogP) is 3.16. The van der Waals surface area contributed by atoms with E-state index in [1.54, 1.807) is 7.11 Å². The van der Waals surface area contributed by atoms with Crippen LogP contribution in [0.4, 0.5) is 5.95 Å². The molecule has 1 aliphatic rings. The molecule has 1 atom stereocenters. The molecule has 1 aromatic heterocycles. The van der Waals surface area contributed by atoms with Gasteiger partial charge in [0.2, 0.25) is 5.95 Å². The fourth-order valence-corrected chi connectivity index (χ4v) is 2.76. The molecule has 0 spiro atoms. The maximum absolute atomic E-state index is 5.89. The molecule has 1 saturated carbocycles. The Morgan fingerprint density at radius 3 is 2.35 bits per heavy atom. The Balaban J connectivity index is 2.32. The van der Waals surface area contributed by atoms with Gasteiger partial charge in [0.05, 0.1) is 0 Å². The normalized spacial score (nSPS) is 20.4. The Bertz CT molecular complexity index is 437. The number of rotatable bonds is 4. The third-order valence-corrected chi connectivity index (χ3v) is 4.49. The van der Waals surface area contributed by atoms with Gasteiger partial charge in [0.1, 0.15) is 11.4 Å². The molecule has 0 aliphatic heterocycles. The largest absolute Gasteiger partial charge is 0.371 e. The van der Waals surface area contributed by atoms with Gasteiger partial charge in [-0.25, -0.2) is 4.98 Å². The van der Waals surface area contributed by atoms with E-state index in [1.807, 2.05) is 6.92 Å². The summed E-state index contributed by atoms with van der Waals surface area (Å²) in [7, 11) is 1.69. The highest BCUT2D eigenvalue weighted by Gasteiger charge is 2.29. The molecule has 1 aliphatic carbocycles. The second-order valence-corrected chi connectivity index (χ2v) is 5.85. The van der Waals surface area contributed by atoms with Crippen LogP contribution in [0.3, 0.4) is 0 Å². The number of anilines is 1. The summed E-state index contributed by atoms with van der Waals surface area (Å²) in [6.45, 7) is 4.06. The van der Waals surface area contributed by atoms with E-state index in [9.17, 15) is 0 Å². The molecule has 5 heteroatoms. The Labute approximate surface area is 121 Å². The van der Waals surface area contributed by atoms with Gasteiger partial charge in [-0.05, 0) is 26.2 Å². The summed E-state index contributed by atoms with van der Waals surface area (Å²) >= 11 is 0. The molecule has 0 aromatic carbocycles. The first-order valence-corrected chi connectivity index (χ1v) is 7.66. The van der Waals surface area contributed by atoms with Crippen molar-refractivity contribution in [2.75, 3.05) is 12.8 Å². The highest BCUT2D eigenvalue weighted by atomic mass is 16.5. The Morgan fingerprint density at radius 2 is 1.80 bits per heavy atom. The molecule has 0 amide bonds. The standard InChI is InChI=1S/C15H26N4O/c1-4-15(2,20-3)13-17-12(18-14(16)19-13)11-9-7-5-6-8-10-11/h11H,4-10H2,1-3H3,(H2,16,17,18,19). The second kappa shape index (κ2) is 6.48. The zero-order valence-electron chi connectivity index (χ0n) is 12.9. The van der Waals surface area contributed by atoms with E-state index < -0.39 is 5.60 Å². The van der Waals surface area contributed by atoms with Gasteiger partial charge in [0.15, 0.2) is 5.82 Å². The van der Waals surface area contributed by atoms with Crippen LogP contribution in [-0.2, 0) is 10.3 Å². The fraction of sp³-hybridized carbons (Fsp3) is 0.800. The Hall–Kier alpha value is -1.23. The highest BCUT2D eigenvalue weighted by Crippen LogP contribution is 2.32. The molecule has 112 valence electrons. The number of aromatic nitrogens is 3. The average Bonchev–Trinajstić information content (AvgIpc) is 2.75. The smallest absolute Gasteiger partial charge is 0.223 e. The molecule has 20 heavy (non-hydrogen) atoms. The van der Waals surface area contributed by atoms with Gasteiger partial charge in [0.25, 0.3) is 0 Å². The van der Waals surface area contributed by atoms with Crippen molar-refractivity contribution in [1.82, 2.24) is 15.0 Å². The number of nitrogens with two attached hydrogens (primary N) is 1. The van der Waals surface area contributed by atoms with E-state index in [2.05, 4.69) is 21.9 Å². The number of methoxy groups -OCH3 is 1. The SMILES string of the molecule is CCC(C)(OC)c1nc(N)nc(C2CCCCCC2)n1. The van der Waals surface area contributed by atoms with Crippen molar-refractivity contribution in [1.29, 1.82) is 0 Å². The fourth-order valence-electron chi connectivity index (χ4n) is 2.76. The number of nitrogens with zero attached hydrogens (tertiary/aromatic N) is 3. The van der Waals surface area contributed by atoms with Crippen LogP contribution in [-0.4, -0.2) is 22.1 Å². The van der Waals surface area contributed by atoms with Gasteiger partial charge in [-0.1, -0.05) is 32.6 Å². The van der Waals surface area contributed by atoms with Gasteiger partial charge >= 0.3 is 0 Å². The quantitative estimate of drug-likeness (QED) is 0.856. The number of hydrogen-bond donors (Lipinski definition) is 1. The molecule has 1 aromatic rings. The monoisotopic (exact) mass is 278 g/mol. The van der Waals surface area contributed by atoms with E-state index in [0.29, 0.717) is 17.7 Å². The number of hydrogen-bond acceptors (Lipinski definition) is 5. The van der Waals surface area contributed by atoms with Crippen molar-refractivity contribution in [3.63, 3.8) is 0 Å². The third-order valence-electron chi connectivity index (χ3n) is 4.49. The molecule has 5 nitrogen and oxygen atoms in total. The number of ether oxygens (including phenoxy) is 1. The van der Waals surface area contributed by atoms with Crippen LogP contribution in [0.15, 0.2) is 0 Å². The van der Waals surface area contributed by atoms with Crippen molar-refractivity contribution >= 4 is 5.95 Å². The van der Waals surface area contributed by atoms with E-state index >= 15 is 0 Å². The summed E-state index contributed by atoms with van der Waals surface area (Å²) < 4.78 is 5.59. The predicted molar refractivity (Wildman–Crippen MR) is 79.3 cm³/mol. The summed E-state index contributed by atoms with van der Waals surface area (Å²) in [5.41, 5.74) is 5.40. The summed E-state index contributed by atoms with van der Waals surface area (Å²) in [6.07, 6.45) is 8.24. The molecule has 1 fully saturated rings. The van der Waals surface area contributed by atoms with Crippen LogP contribution in [0.1, 0.15) is 76.4 Å². The van der Waals surface area contributed by atoms with E-state index in [1.165, 1.54) is 25.7 Å². The van der Waals surface area contributed by atoms with E-state index in [4.69, 9.17) is 10.5 Å². The minimum Gasteiger partial charge on any atom is -0.371 e. The summed E-state index contributed by atoms with van der Waals surface area (Å²) in [4.78, 5) is 13.4. The molecule has 2 rings (SSSR count). The Morgan fingerprint density at radius 1 is 1.15 bits per heavy atom. The zero-order valence-corrected chi connectivity index (χ0v) is 12.9. The first-order valence-electron chi connectivity index (χ1n) is 7.66. The van der Waals surface area contributed by atoms with Crippen LogP contribution >= 0.6 is 0 Å². The van der Waals surface area contributed by atoms with Crippen LogP contribution in [0.25, 0.3) is 0 Å². The Kier molecular flexibility index (Phi) is 4.91. The molecule has 0 radical (unpaired) electrons. The molecular formula is C15H26N4O. The molecule has 0 saturated heterocycles. The van der Waals surface area contributed by atoms with Crippen LogP contribution in [0.2, 0.25) is 0 Å². The van der Waals surface area contributed by atoms with Gasteiger partial charge < -0.3 is 10.5 Å². The summed E-state index contributed by atoms with van der Waals surface area (Å²) in [6, 6.07) is 0.